The summed E-state index contributed by atoms with van der Waals surface area (Å²) in [7, 11) is 0. The van der Waals surface area contributed by atoms with Crippen molar-refractivity contribution in [2.75, 3.05) is 5.73 Å². The van der Waals surface area contributed by atoms with E-state index in [-0.39, 0.29) is 5.54 Å². The van der Waals surface area contributed by atoms with Crippen LogP contribution in [-0.4, -0.2) is 20.0 Å². The zero-order chi connectivity index (χ0) is 14.7. The Morgan fingerprint density at radius 1 is 1.05 bits per heavy atom. The van der Waals surface area contributed by atoms with Gasteiger partial charge in [0.15, 0.2) is 11.5 Å². The Morgan fingerprint density at radius 2 is 1.73 bits per heavy atom. The molecule has 0 atom stereocenters. The smallest absolute Gasteiger partial charge is 0.155 e. The van der Waals surface area contributed by atoms with E-state index in [9.17, 15) is 0 Å². The molecule has 4 saturated carbocycles. The van der Waals surface area contributed by atoms with Crippen molar-refractivity contribution < 1.29 is 0 Å². The molecule has 0 spiro atoms. The molecule has 22 heavy (non-hydrogen) atoms. The maximum absolute atomic E-state index is 6.45. The molecule has 4 aliphatic rings. The van der Waals surface area contributed by atoms with E-state index in [0.29, 0.717) is 5.82 Å². The molecule has 4 aliphatic carbocycles. The van der Waals surface area contributed by atoms with E-state index in [1.54, 1.807) is 6.20 Å². The monoisotopic (exact) mass is 295 g/mol. The van der Waals surface area contributed by atoms with Crippen LogP contribution in [0.4, 0.5) is 5.82 Å². The Kier molecular flexibility index (Phi) is 2.47. The second-order valence-electron chi connectivity index (χ2n) is 7.59. The summed E-state index contributed by atoms with van der Waals surface area (Å²) < 4.78 is 2.06. The normalized spacial score (nSPS) is 35.9. The number of nitrogens with zero attached hydrogens (tertiary/aromatic N) is 4. The van der Waals surface area contributed by atoms with Crippen molar-refractivity contribution in [3.63, 3.8) is 0 Å². The minimum absolute atomic E-state index is 0.124. The lowest BCUT2D eigenvalue weighted by Crippen LogP contribution is -2.52. The molecule has 114 valence electrons. The van der Waals surface area contributed by atoms with Gasteiger partial charge in [0.1, 0.15) is 0 Å². The van der Waals surface area contributed by atoms with Crippen LogP contribution in [0.1, 0.15) is 38.5 Å². The second-order valence-corrected chi connectivity index (χ2v) is 7.59. The van der Waals surface area contributed by atoms with Crippen molar-refractivity contribution in [3.05, 3.63) is 24.4 Å². The summed E-state index contributed by atoms with van der Waals surface area (Å²) in [5, 5.41) is 8.85. The molecular formula is C17H21N5. The molecule has 2 heterocycles. The first-order valence-electron chi connectivity index (χ1n) is 8.36. The molecule has 0 radical (unpaired) electrons. The second kappa shape index (κ2) is 4.31. The topological polar surface area (TPSA) is 69.6 Å². The summed E-state index contributed by atoms with van der Waals surface area (Å²) in [5.41, 5.74) is 8.13. The summed E-state index contributed by atoms with van der Waals surface area (Å²) in [6.45, 7) is 0. The van der Waals surface area contributed by atoms with Crippen LogP contribution in [-0.2, 0) is 5.54 Å². The molecule has 2 aromatic rings. The lowest BCUT2D eigenvalue weighted by atomic mass is 9.53. The first-order chi connectivity index (χ1) is 10.7. The zero-order valence-corrected chi connectivity index (χ0v) is 12.7. The van der Waals surface area contributed by atoms with E-state index in [0.717, 1.165) is 29.1 Å². The van der Waals surface area contributed by atoms with Crippen LogP contribution in [0.5, 0.6) is 0 Å². The van der Waals surface area contributed by atoms with Crippen LogP contribution in [0.25, 0.3) is 11.4 Å². The SMILES string of the molecule is Nc1c(-c2ccccn2)nnn1C12CC3CC(CC(C3)C1)C2. The molecule has 0 unspecified atom stereocenters. The highest BCUT2D eigenvalue weighted by atomic mass is 15.5. The van der Waals surface area contributed by atoms with Crippen LogP contribution in [0.2, 0.25) is 0 Å². The van der Waals surface area contributed by atoms with Gasteiger partial charge in [-0.05, 0) is 68.4 Å². The first-order valence-corrected chi connectivity index (χ1v) is 8.36. The summed E-state index contributed by atoms with van der Waals surface area (Å²) in [6.07, 6.45) is 9.72. The van der Waals surface area contributed by atoms with Gasteiger partial charge in [-0.25, -0.2) is 4.68 Å². The van der Waals surface area contributed by atoms with Crippen molar-refractivity contribution >= 4 is 5.82 Å². The number of nitrogens with two attached hydrogens (primary N) is 1. The van der Waals surface area contributed by atoms with Crippen LogP contribution in [0, 0.1) is 17.8 Å². The van der Waals surface area contributed by atoms with Crippen LogP contribution in [0.15, 0.2) is 24.4 Å². The average molecular weight is 295 g/mol. The number of hydrogen-bond acceptors (Lipinski definition) is 4. The van der Waals surface area contributed by atoms with Crippen molar-refractivity contribution in [1.29, 1.82) is 0 Å². The third-order valence-electron chi connectivity index (χ3n) is 6.07. The fourth-order valence-corrected chi connectivity index (χ4v) is 5.65. The van der Waals surface area contributed by atoms with Crippen molar-refractivity contribution in [2.24, 2.45) is 17.8 Å². The summed E-state index contributed by atoms with van der Waals surface area (Å²) in [6, 6.07) is 5.82. The van der Waals surface area contributed by atoms with E-state index in [4.69, 9.17) is 5.73 Å². The van der Waals surface area contributed by atoms with Gasteiger partial charge in [-0.2, -0.15) is 0 Å². The fourth-order valence-electron chi connectivity index (χ4n) is 5.65. The first kappa shape index (κ1) is 12.6. The summed E-state index contributed by atoms with van der Waals surface area (Å²) in [4.78, 5) is 4.37. The maximum atomic E-state index is 6.45. The van der Waals surface area contributed by atoms with Gasteiger partial charge in [0.25, 0.3) is 0 Å². The number of aromatic nitrogens is 4. The number of rotatable bonds is 2. The predicted octanol–water partition coefficient (Wildman–Crippen LogP) is 2.85. The molecule has 4 fully saturated rings. The van der Waals surface area contributed by atoms with E-state index in [2.05, 4.69) is 20.0 Å². The molecule has 5 heteroatoms. The van der Waals surface area contributed by atoms with Gasteiger partial charge in [0.05, 0.1) is 11.2 Å². The van der Waals surface area contributed by atoms with E-state index in [1.807, 2.05) is 18.2 Å². The molecule has 4 bridgehead atoms. The highest BCUT2D eigenvalue weighted by Gasteiger charge is 2.53. The molecule has 2 aromatic heterocycles. The molecule has 5 nitrogen and oxygen atoms in total. The Balaban J connectivity index is 1.58. The van der Waals surface area contributed by atoms with Crippen LogP contribution in [0.3, 0.4) is 0 Å². The van der Waals surface area contributed by atoms with Gasteiger partial charge >= 0.3 is 0 Å². The lowest BCUT2D eigenvalue weighted by Gasteiger charge is -2.56. The van der Waals surface area contributed by atoms with Crippen molar-refractivity contribution in [2.45, 2.75) is 44.1 Å². The number of nitrogen functional groups attached to an aromatic ring is 1. The number of pyridine rings is 1. The molecular weight excluding hydrogens is 274 g/mol. The Bertz CT molecular complexity index is 670. The highest BCUT2D eigenvalue weighted by molar-refractivity contribution is 5.66. The van der Waals surface area contributed by atoms with E-state index < -0.39 is 0 Å². The molecule has 6 rings (SSSR count). The average Bonchev–Trinajstić information content (AvgIpc) is 2.89. The standard InChI is InChI=1S/C17H21N5/c18-16-15(14-3-1-2-4-19-14)20-21-22(16)17-8-11-5-12(9-17)7-13(6-11)10-17/h1-4,11-13H,5-10,18H2. The highest BCUT2D eigenvalue weighted by Crippen LogP contribution is 2.59. The van der Waals surface area contributed by atoms with Gasteiger partial charge in [0, 0.05) is 6.20 Å². The number of anilines is 1. The molecule has 0 amide bonds. The van der Waals surface area contributed by atoms with Crippen LogP contribution >= 0.6 is 0 Å². The minimum Gasteiger partial charge on any atom is -0.382 e. The summed E-state index contributed by atoms with van der Waals surface area (Å²) in [5.74, 6) is 3.30. The van der Waals surface area contributed by atoms with Gasteiger partial charge in [-0.1, -0.05) is 11.3 Å². The van der Waals surface area contributed by atoms with Crippen molar-refractivity contribution in [3.8, 4) is 11.4 Å². The number of hydrogen-bond donors (Lipinski definition) is 1. The Hall–Kier alpha value is -1.91. The van der Waals surface area contributed by atoms with Crippen LogP contribution < -0.4 is 5.73 Å². The molecule has 0 aromatic carbocycles. The van der Waals surface area contributed by atoms with Gasteiger partial charge in [-0.15, -0.1) is 5.10 Å². The van der Waals surface area contributed by atoms with E-state index >= 15 is 0 Å². The largest absolute Gasteiger partial charge is 0.382 e. The third kappa shape index (κ3) is 1.68. The molecule has 2 N–H and O–H groups in total. The molecule has 0 aliphatic heterocycles. The van der Waals surface area contributed by atoms with E-state index in [1.165, 1.54) is 38.5 Å². The lowest BCUT2D eigenvalue weighted by molar-refractivity contribution is -0.0489. The Morgan fingerprint density at radius 3 is 2.32 bits per heavy atom. The van der Waals surface area contributed by atoms with Gasteiger partial charge in [-0.3, -0.25) is 4.98 Å². The summed E-state index contributed by atoms with van der Waals surface area (Å²) >= 11 is 0. The van der Waals surface area contributed by atoms with Gasteiger partial charge in [0.2, 0.25) is 0 Å². The quantitative estimate of drug-likeness (QED) is 0.925. The zero-order valence-electron chi connectivity index (χ0n) is 12.7. The third-order valence-corrected chi connectivity index (χ3v) is 6.07. The maximum Gasteiger partial charge on any atom is 0.155 e. The minimum atomic E-state index is 0.124. The van der Waals surface area contributed by atoms with Gasteiger partial charge < -0.3 is 5.73 Å². The molecule has 0 saturated heterocycles. The predicted molar refractivity (Wildman–Crippen MR) is 83.8 cm³/mol. The fraction of sp³-hybridized carbons (Fsp3) is 0.588. The Labute approximate surface area is 129 Å². The van der Waals surface area contributed by atoms with Crippen molar-refractivity contribution in [1.82, 2.24) is 20.0 Å².